The number of benzene rings is 3. The number of hydrogen-bond donors (Lipinski definition) is 3. The highest BCUT2D eigenvalue weighted by molar-refractivity contribution is 7.89. The molecule has 47 heavy (non-hydrogen) atoms. The second-order valence-electron chi connectivity index (χ2n) is 11.4. The van der Waals surface area contributed by atoms with E-state index in [2.05, 4.69) is 16.0 Å². The molecular weight excluding hydrogens is 628 g/mol. The van der Waals surface area contributed by atoms with Crippen LogP contribution in [0, 0.1) is 0 Å². The highest BCUT2D eigenvalue weighted by atomic mass is 32.2. The molecule has 0 fully saturated rings. The summed E-state index contributed by atoms with van der Waals surface area (Å²) < 4.78 is 51.5. The molecule has 3 aliphatic heterocycles. The summed E-state index contributed by atoms with van der Waals surface area (Å²) in [6.07, 6.45) is 0.947. The molecule has 3 amide bonds. The van der Waals surface area contributed by atoms with Crippen LogP contribution in [0.2, 0.25) is 0 Å². The Balaban J connectivity index is 1.32. The van der Waals surface area contributed by atoms with E-state index in [-0.39, 0.29) is 67.5 Å². The van der Waals surface area contributed by atoms with Crippen LogP contribution < -0.4 is 34.9 Å². The Bertz CT molecular complexity index is 1830. The van der Waals surface area contributed by atoms with Gasteiger partial charge in [0.1, 0.15) is 11.5 Å². The smallest absolute Gasteiger partial charge is 0.262 e. The monoisotopic (exact) mass is 664 g/mol. The van der Waals surface area contributed by atoms with E-state index in [4.69, 9.17) is 18.9 Å². The van der Waals surface area contributed by atoms with Gasteiger partial charge in [-0.25, -0.2) is 8.42 Å². The van der Waals surface area contributed by atoms with Crippen LogP contribution in [0.5, 0.6) is 23.0 Å². The summed E-state index contributed by atoms with van der Waals surface area (Å²) in [5, 5.41) is 8.50. The SMILES string of the molecule is COc1cc2cc(c1OC)-c1ccc3c(c1)C(CCO3)NC(=O)CCN(S(=O)(=O)c1ccc3c(c1)NC(=O)CO3)CCNC(=O)CC2. The number of aryl methyl sites for hydroxylation is 1. The summed E-state index contributed by atoms with van der Waals surface area (Å²) in [5.41, 5.74) is 3.47. The number of carbonyl (C=O) groups excluding carboxylic acids is 3. The number of rotatable bonds is 4. The number of carbonyl (C=O) groups is 3. The molecule has 3 heterocycles. The molecule has 4 bridgehead atoms. The highest BCUT2D eigenvalue weighted by Crippen LogP contribution is 2.43. The van der Waals surface area contributed by atoms with E-state index in [0.717, 1.165) is 22.3 Å². The van der Waals surface area contributed by atoms with Gasteiger partial charge in [-0.3, -0.25) is 14.4 Å². The van der Waals surface area contributed by atoms with Crippen LogP contribution >= 0.6 is 0 Å². The normalized spacial score (nSPS) is 18.9. The van der Waals surface area contributed by atoms with Gasteiger partial charge in [-0.05, 0) is 60.0 Å². The lowest BCUT2D eigenvalue weighted by Crippen LogP contribution is -2.41. The average molecular weight is 665 g/mol. The minimum atomic E-state index is -4.14. The van der Waals surface area contributed by atoms with Crippen molar-refractivity contribution in [2.24, 2.45) is 0 Å². The van der Waals surface area contributed by atoms with Gasteiger partial charge in [-0.1, -0.05) is 6.07 Å². The summed E-state index contributed by atoms with van der Waals surface area (Å²) in [4.78, 5) is 38.0. The van der Waals surface area contributed by atoms with Crippen LogP contribution in [0.15, 0.2) is 53.4 Å². The van der Waals surface area contributed by atoms with Gasteiger partial charge in [0.25, 0.3) is 5.91 Å². The standard InChI is InChI=1S/C33H36N4O9S/c1-43-29-16-20-3-8-30(38)34-11-13-37(47(41,42)22-5-7-28-26(18-22)36-32(40)19-46-28)12-9-31(39)35-25-10-14-45-27-6-4-21(17-24(25)27)23(15-20)33(29)44-2/h4-7,15-18,25H,3,8-14,19H2,1-2H3,(H,34,38)(H,35,39)(H,36,40). The Morgan fingerprint density at radius 2 is 1.68 bits per heavy atom. The van der Waals surface area contributed by atoms with E-state index < -0.39 is 15.9 Å². The van der Waals surface area contributed by atoms with E-state index in [0.29, 0.717) is 42.4 Å². The van der Waals surface area contributed by atoms with Gasteiger partial charge < -0.3 is 34.9 Å². The van der Waals surface area contributed by atoms with E-state index in [1.165, 1.54) is 22.5 Å². The minimum absolute atomic E-state index is 0.0234. The number of sulfonamides is 1. The lowest BCUT2D eigenvalue weighted by atomic mass is 9.93. The minimum Gasteiger partial charge on any atom is -0.493 e. The van der Waals surface area contributed by atoms with Crippen LogP contribution in [0.4, 0.5) is 5.69 Å². The van der Waals surface area contributed by atoms with Gasteiger partial charge in [0.15, 0.2) is 18.1 Å². The van der Waals surface area contributed by atoms with Gasteiger partial charge in [0.05, 0.1) is 37.5 Å². The molecule has 0 aliphatic carbocycles. The maximum Gasteiger partial charge on any atom is 0.262 e. The fraction of sp³-hybridized carbons (Fsp3) is 0.364. The molecule has 248 valence electrons. The molecule has 13 nitrogen and oxygen atoms in total. The van der Waals surface area contributed by atoms with Crippen molar-refractivity contribution in [3.63, 3.8) is 0 Å². The van der Waals surface area contributed by atoms with Gasteiger partial charge in [0.2, 0.25) is 21.8 Å². The molecular formula is C33H36N4O9S. The van der Waals surface area contributed by atoms with Crippen molar-refractivity contribution >= 4 is 33.4 Å². The second-order valence-corrected chi connectivity index (χ2v) is 13.3. The summed E-state index contributed by atoms with van der Waals surface area (Å²) in [6.45, 7) is 0.0529. The largest absolute Gasteiger partial charge is 0.493 e. The zero-order valence-electron chi connectivity index (χ0n) is 26.1. The van der Waals surface area contributed by atoms with Crippen molar-refractivity contribution in [1.82, 2.24) is 14.9 Å². The lowest BCUT2D eigenvalue weighted by molar-refractivity contribution is -0.122. The predicted molar refractivity (Wildman–Crippen MR) is 171 cm³/mol. The lowest BCUT2D eigenvalue weighted by Gasteiger charge is -2.28. The first kappa shape index (κ1) is 32.1. The predicted octanol–water partition coefficient (Wildman–Crippen LogP) is 2.78. The van der Waals surface area contributed by atoms with Crippen molar-refractivity contribution in [3.05, 3.63) is 59.7 Å². The number of ether oxygens (including phenoxy) is 4. The molecule has 3 aliphatic rings. The molecule has 14 heteroatoms. The average Bonchev–Trinajstić information content (AvgIpc) is 3.07. The molecule has 0 spiro atoms. The zero-order chi connectivity index (χ0) is 33.1. The maximum atomic E-state index is 13.9. The maximum absolute atomic E-state index is 13.9. The molecule has 0 saturated carbocycles. The van der Waals surface area contributed by atoms with Crippen LogP contribution in [0.25, 0.3) is 11.1 Å². The Labute approximate surface area is 272 Å². The van der Waals surface area contributed by atoms with Gasteiger partial charge in [-0.15, -0.1) is 0 Å². The molecule has 3 aromatic rings. The summed E-state index contributed by atoms with van der Waals surface area (Å²) >= 11 is 0. The van der Waals surface area contributed by atoms with Crippen molar-refractivity contribution in [3.8, 4) is 34.1 Å². The molecule has 6 rings (SSSR count). The number of nitrogens with zero attached hydrogens (tertiary/aromatic N) is 1. The molecule has 3 N–H and O–H groups in total. The number of fused-ring (bicyclic) bond motifs is 5. The van der Waals surface area contributed by atoms with Crippen molar-refractivity contribution in [2.75, 3.05) is 52.4 Å². The van der Waals surface area contributed by atoms with Crippen molar-refractivity contribution < 1.29 is 41.7 Å². The number of amides is 3. The highest BCUT2D eigenvalue weighted by Gasteiger charge is 2.29. The van der Waals surface area contributed by atoms with E-state index in [1.807, 2.05) is 30.3 Å². The van der Waals surface area contributed by atoms with Gasteiger partial charge in [0, 0.05) is 50.0 Å². The van der Waals surface area contributed by atoms with Crippen molar-refractivity contribution in [2.45, 2.75) is 36.6 Å². The topological polar surface area (TPSA) is 162 Å². The number of hydrogen-bond acceptors (Lipinski definition) is 9. The van der Waals surface area contributed by atoms with Crippen LogP contribution in [-0.4, -0.2) is 77.5 Å². The number of nitrogens with one attached hydrogen (secondary N) is 3. The zero-order valence-corrected chi connectivity index (χ0v) is 26.9. The second kappa shape index (κ2) is 13.5. The molecule has 0 aromatic heterocycles. The van der Waals surface area contributed by atoms with E-state index in [9.17, 15) is 22.8 Å². The third kappa shape index (κ3) is 6.83. The van der Waals surface area contributed by atoms with Crippen LogP contribution in [-0.2, 0) is 30.8 Å². The van der Waals surface area contributed by atoms with Gasteiger partial charge in [-0.2, -0.15) is 4.31 Å². The van der Waals surface area contributed by atoms with E-state index >= 15 is 0 Å². The van der Waals surface area contributed by atoms with E-state index in [1.54, 1.807) is 14.2 Å². The third-order valence-electron chi connectivity index (χ3n) is 8.37. The quantitative estimate of drug-likeness (QED) is 0.381. The molecule has 0 radical (unpaired) electrons. The van der Waals surface area contributed by atoms with Gasteiger partial charge >= 0.3 is 0 Å². The molecule has 1 atom stereocenters. The Hall–Kier alpha value is -4.82. The molecule has 0 saturated heterocycles. The van der Waals surface area contributed by atoms with Crippen LogP contribution in [0.3, 0.4) is 0 Å². The first-order valence-electron chi connectivity index (χ1n) is 15.3. The fourth-order valence-electron chi connectivity index (χ4n) is 5.98. The summed E-state index contributed by atoms with van der Waals surface area (Å²) in [6, 6.07) is 13.3. The Morgan fingerprint density at radius 3 is 2.49 bits per heavy atom. The molecule has 3 aromatic carbocycles. The fourth-order valence-corrected chi connectivity index (χ4v) is 7.44. The first-order chi connectivity index (χ1) is 22.7. The third-order valence-corrected chi connectivity index (χ3v) is 10.3. The van der Waals surface area contributed by atoms with Crippen molar-refractivity contribution in [1.29, 1.82) is 0 Å². The first-order valence-corrected chi connectivity index (χ1v) is 16.7. The summed E-state index contributed by atoms with van der Waals surface area (Å²) in [5.74, 6) is 1.06. The number of methoxy groups -OCH3 is 2. The number of anilines is 1. The Kier molecular flexibility index (Phi) is 9.23. The summed E-state index contributed by atoms with van der Waals surface area (Å²) in [7, 11) is -1.02. The molecule has 1 unspecified atom stereocenters. The van der Waals surface area contributed by atoms with Crippen LogP contribution in [0.1, 0.15) is 36.4 Å². The Morgan fingerprint density at radius 1 is 0.851 bits per heavy atom.